The molecule has 0 bridgehead atoms. The van der Waals surface area contributed by atoms with Crippen molar-refractivity contribution < 1.29 is 9.53 Å². The van der Waals surface area contributed by atoms with E-state index in [4.69, 9.17) is 10.5 Å². The highest BCUT2D eigenvalue weighted by molar-refractivity contribution is 5.78. The van der Waals surface area contributed by atoms with Crippen molar-refractivity contribution in [2.75, 3.05) is 6.61 Å². The van der Waals surface area contributed by atoms with Gasteiger partial charge >= 0.3 is 0 Å². The Hall–Kier alpha value is -0.990. The van der Waals surface area contributed by atoms with E-state index in [9.17, 15) is 4.79 Å². The third kappa shape index (κ3) is 1.50. The van der Waals surface area contributed by atoms with Gasteiger partial charge in [-0.25, -0.2) is 0 Å². The smallest absolute Gasteiger partial charge is 0.224 e. The van der Waals surface area contributed by atoms with Gasteiger partial charge in [-0.05, 0) is 19.4 Å². The van der Waals surface area contributed by atoms with Gasteiger partial charge in [0.25, 0.3) is 0 Å². The Morgan fingerprint density at radius 2 is 2.60 bits per heavy atom. The molecular weight excluding hydrogens is 130 g/mol. The molecule has 1 heterocycles. The first-order valence-electron chi connectivity index (χ1n) is 3.30. The fourth-order valence-corrected chi connectivity index (χ4v) is 0.986. The van der Waals surface area contributed by atoms with Gasteiger partial charge in [0.15, 0.2) is 0 Å². The van der Waals surface area contributed by atoms with E-state index in [1.807, 2.05) is 6.92 Å². The minimum Gasteiger partial charge on any atom is -0.499 e. The van der Waals surface area contributed by atoms with Crippen molar-refractivity contribution in [1.29, 1.82) is 0 Å². The molecule has 1 rings (SSSR count). The molecule has 0 radical (unpaired) electrons. The summed E-state index contributed by atoms with van der Waals surface area (Å²) in [5, 5.41) is 0. The van der Waals surface area contributed by atoms with E-state index < -0.39 is 0 Å². The number of rotatable bonds is 1. The molecule has 0 unspecified atom stereocenters. The summed E-state index contributed by atoms with van der Waals surface area (Å²) in [6.45, 7) is 2.44. The first kappa shape index (κ1) is 7.12. The van der Waals surface area contributed by atoms with Crippen molar-refractivity contribution in [2.45, 2.75) is 13.3 Å². The molecule has 0 spiro atoms. The van der Waals surface area contributed by atoms with Crippen molar-refractivity contribution in [3.05, 3.63) is 11.8 Å². The zero-order chi connectivity index (χ0) is 7.56. The lowest BCUT2D eigenvalue weighted by Gasteiger charge is -2.17. The fraction of sp³-hybridized carbons (Fsp3) is 0.571. The third-order valence-corrected chi connectivity index (χ3v) is 1.56. The van der Waals surface area contributed by atoms with Gasteiger partial charge < -0.3 is 10.5 Å². The summed E-state index contributed by atoms with van der Waals surface area (Å²) in [5.41, 5.74) is 5.09. The average Bonchev–Trinajstić information content (AvgIpc) is 1.88. The lowest BCUT2D eigenvalue weighted by Crippen LogP contribution is -2.25. The molecule has 3 heteroatoms. The largest absolute Gasteiger partial charge is 0.499 e. The van der Waals surface area contributed by atoms with Crippen LogP contribution in [0.25, 0.3) is 0 Å². The van der Waals surface area contributed by atoms with Gasteiger partial charge in [0.05, 0.1) is 18.3 Å². The molecule has 56 valence electrons. The van der Waals surface area contributed by atoms with Crippen molar-refractivity contribution in [1.82, 2.24) is 0 Å². The number of hydrogen-bond acceptors (Lipinski definition) is 2. The number of hydrogen-bond donors (Lipinski definition) is 1. The molecule has 1 amide bonds. The highest BCUT2D eigenvalue weighted by atomic mass is 16.5. The first-order valence-corrected chi connectivity index (χ1v) is 3.30. The van der Waals surface area contributed by atoms with Crippen LogP contribution in [0.4, 0.5) is 0 Å². The molecule has 0 aromatic carbocycles. The second kappa shape index (κ2) is 2.73. The van der Waals surface area contributed by atoms with Gasteiger partial charge in [-0.2, -0.15) is 0 Å². The Morgan fingerprint density at radius 1 is 1.90 bits per heavy atom. The van der Waals surface area contributed by atoms with Crippen molar-refractivity contribution in [3.63, 3.8) is 0 Å². The molecule has 0 saturated heterocycles. The first-order chi connectivity index (χ1) is 4.70. The number of primary amides is 1. The van der Waals surface area contributed by atoms with Gasteiger partial charge in [-0.3, -0.25) is 4.79 Å². The SMILES string of the molecule is CC1=C[C@@H](C(N)=O)CCO1. The van der Waals surface area contributed by atoms with Gasteiger partial charge in [-0.1, -0.05) is 0 Å². The van der Waals surface area contributed by atoms with Crippen LogP contribution < -0.4 is 5.73 Å². The van der Waals surface area contributed by atoms with Crippen molar-refractivity contribution in [3.8, 4) is 0 Å². The van der Waals surface area contributed by atoms with E-state index in [1.54, 1.807) is 6.08 Å². The van der Waals surface area contributed by atoms with E-state index in [0.717, 1.165) is 5.76 Å². The van der Waals surface area contributed by atoms with Gasteiger partial charge in [0.2, 0.25) is 5.91 Å². The maximum absolute atomic E-state index is 10.6. The maximum atomic E-state index is 10.6. The minimum absolute atomic E-state index is 0.117. The summed E-state index contributed by atoms with van der Waals surface area (Å²) in [6.07, 6.45) is 2.48. The summed E-state index contributed by atoms with van der Waals surface area (Å²) in [6, 6.07) is 0. The standard InChI is InChI=1S/C7H11NO2/c1-5-4-6(7(8)9)2-3-10-5/h4,6H,2-3H2,1H3,(H2,8,9)/t6-/m0/s1. The average molecular weight is 141 g/mol. The summed E-state index contributed by atoms with van der Waals surface area (Å²) < 4.78 is 5.11. The van der Waals surface area contributed by atoms with Gasteiger partial charge in [-0.15, -0.1) is 0 Å². The quantitative estimate of drug-likeness (QED) is 0.575. The Bertz CT molecular complexity index is 174. The molecule has 0 aliphatic carbocycles. The zero-order valence-corrected chi connectivity index (χ0v) is 5.96. The molecule has 0 fully saturated rings. The van der Waals surface area contributed by atoms with E-state index in [1.165, 1.54) is 0 Å². The molecule has 10 heavy (non-hydrogen) atoms. The normalized spacial score (nSPS) is 24.9. The van der Waals surface area contributed by atoms with E-state index in [0.29, 0.717) is 13.0 Å². The fourth-order valence-electron chi connectivity index (χ4n) is 0.986. The number of nitrogens with two attached hydrogens (primary N) is 1. The van der Waals surface area contributed by atoms with E-state index in [-0.39, 0.29) is 11.8 Å². The van der Waals surface area contributed by atoms with Crippen LogP contribution in [0.3, 0.4) is 0 Å². The molecule has 3 nitrogen and oxygen atoms in total. The molecule has 0 aromatic heterocycles. The molecular formula is C7H11NO2. The summed E-state index contributed by atoms with van der Waals surface area (Å²) in [4.78, 5) is 10.6. The number of carbonyl (C=O) groups excluding carboxylic acids is 1. The highest BCUT2D eigenvalue weighted by Crippen LogP contribution is 2.15. The lowest BCUT2D eigenvalue weighted by atomic mass is 10.0. The third-order valence-electron chi connectivity index (χ3n) is 1.56. The van der Waals surface area contributed by atoms with Crippen molar-refractivity contribution in [2.24, 2.45) is 11.7 Å². The number of allylic oxidation sites excluding steroid dienone is 1. The Kier molecular flexibility index (Phi) is 1.94. The number of carbonyl (C=O) groups is 1. The van der Waals surface area contributed by atoms with Crippen LogP contribution in [0, 0.1) is 5.92 Å². The van der Waals surface area contributed by atoms with Crippen LogP contribution in [0.5, 0.6) is 0 Å². The van der Waals surface area contributed by atoms with Crippen LogP contribution in [0.15, 0.2) is 11.8 Å². The number of ether oxygens (including phenoxy) is 1. The molecule has 0 saturated carbocycles. The molecule has 1 aliphatic rings. The van der Waals surface area contributed by atoms with Crippen LogP contribution in [0.2, 0.25) is 0 Å². The molecule has 2 N–H and O–H groups in total. The van der Waals surface area contributed by atoms with E-state index in [2.05, 4.69) is 0 Å². The summed E-state index contributed by atoms with van der Waals surface area (Å²) >= 11 is 0. The molecule has 0 aromatic rings. The second-order valence-electron chi connectivity index (χ2n) is 2.42. The zero-order valence-electron chi connectivity index (χ0n) is 5.96. The van der Waals surface area contributed by atoms with Gasteiger partial charge in [0, 0.05) is 0 Å². The Balaban J connectivity index is 2.62. The predicted octanol–water partition coefficient (Wildman–Crippen LogP) is 0.412. The van der Waals surface area contributed by atoms with Crippen molar-refractivity contribution >= 4 is 5.91 Å². The summed E-state index contributed by atoms with van der Waals surface area (Å²) in [7, 11) is 0. The monoisotopic (exact) mass is 141 g/mol. The summed E-state index contributed by atoms with van der Waals surface area (Å²) in [5.74, 6) is 0.423. The van der Waals surface area contributed by atoms with Crippen LogP contribution in [-0.2, 0) is 9.53 Å². The maximum Gasteiger partial charge on any atom is 0.224 e. The molecule has 1 aliphatic heterocycles. The Labute approximate surface area is 59.8 Å². The van der Waals surface area contributed by atoms with Gasteiger partial charge in [0.1, 0.15) is 0 Å². The Morgan fingerprint density at radius 3 is 3.00 bits per heavy atom. The lowest BCUT2D eigenvalue weighted by molar-refractivity contribution is -0.121. The highest BCUT2D eigenvalue weighted by Gasteiger charge is 2.16. The van der Waals surface area contributed by atoms with Crippen LogP contribution >= 0.6 is 0 Å². The number of amides is 1. The topological polar surface area (TPSA) is 52.3 Å². The van der Waals surface area contributed by atoms with Crippen LogP contribution in [0.1, 0.15) is 13.3 Å². The minimum atomic E-state index is -0.261. The van der Waals surface area contributed by atoms with Crippen LogP contribution in [-0.4, -0.2) is 12.5 Å². The van der Waals surface area contributed by atoms with E-state index >= 15 is 0 Å². The predicted molar refractivity (Wildman–Crippen MR) is 37.0 cm³/mol. The molecule has 1 atom stereocenters. The second-order valence-corrected chi connectivity index (χ2v) is 2.42.